The van der Waals surface area contributed by atoms with Crippen LogP contribution in [0.3, 0.4) is 0 Å². The topological polar surface area (TPSA) is 85.1 Å². The number of hydrogen-bond donors (Lipinski definition) is 0. The number of fused-ring (bicyclic) bond motifs is 25. The number of furan rings is 5. The average Bonchev–Trinajstić information content (AvgIpc) is 1.57. The molecule has 27 rings (SSSR count). The Bertz CT molecular complexity index is 9840. The molecule has 2 saturated carbocycles. The molecule has 0 bridgehead atoms. The van der Waals surface area contributed by atoms with Gasteiger partial charge in [-0.05, 0) is 219 Å². The van der Waals surface area contributed by atoms with Crippen LogP contribution in [0.4, 0.5) is 0 Å². The monoisotopic (exact) mass is 1880 g/mol. The lowest BCUT2D eigenvalue weighted by molar-refractivity contribution is -0.661. The van der Waals surface area contributed by atoms with Crippen LogP contribution < -0.4 is 22.8 Å². The van der Waals surface area contributed by atoms with E-state index in [1.807, 2.05) is 116 Å². The van der Waals surface area contributed by atoms with Crippen molar-refractivity contribution in [3.63, 3.8) is 0 Å². The Labute approximate surface area is 846 Å². The summed E-state index contributed by atoms with van der Waals surface area (Å²) in [4.78, 5) is 0. The minimum Gasteiger partial charge on any atom is -0.454 e. The van der Waals surface area contributed by atoms with E-state index in [4.69, 9.17) is 33.1 Å². The van der Waals surface area contributed by atoms with E-state index in [1.54, 1.807) is 12.3 Å². The maximum absolute atomic E-state index is 9.02. The second-order valence-corrected chi connectivity index (χ2v) is 40.7. The molecule has 143 heavy (non-hydrogen) atoms. The van der Waals surface area contributed by atoms with Crippen molar-refractivity contribution in [2.75, 3.05) is 0 Å². The smallest absolute Gasteiger partial charge is 0.216 e. The van der Waals surface area contributed by atoms with Gasteiger partial charge in [-0.25, -0.2) is 22.8 Å². The fraction of sp³-hybridized carbons (Fsp3) is 0.211. The van der Waals surface area contributed by atoms with Crippen LogP contribution in [0.15, 0.2) is 350 Å². The molecular weight excluding hydrogens is 1750 g/mol. The molecule has 0 N–H and O–H groups in total. The Hall–Kier alpha value is -15.7. The van der Waals surface area contributed by atoms with Crippen molar-refractivity contribution in [3.05, 3.63) is 389 Å². The molecule has 25 aromatic rings. The molecule has 10 heteroatoms. The number of aryl methyl sites for hydroxylation is 13. The van der Waals surface area contributed by atoms with Gasteiger partial charge in [-0.3, -0.25) is 0 Å². The SMILES string of the molecule is Cc1ccc2c(oc3c4ccccc4ccc23)c1-c1ccc(C(C)(C)C)c[n+]1C.[2H]C([2H])([2H])c1c[n+](C)c(-c2c(C)ccc3c2oc2c4ccccc4ccc32)cc1C.[2H]C([2H])([2H])c1cc(C)c(-c2cccc[n+]2C)c2oc3c4ccccc4ccc3c12.[2H]C1(c2ccc(-c3c(C)ccc4c3oc3c5ccccc5ccc43)[n+](C)c2)CCCC1.[2H]C1(c2ccc(-c3c(C)ccc4c3oc3c5ccccc5ccc43)[n+](C)c2)CCCCC1. The van der Waals surface area contributed by atoms with Crippen LogP contribution in [0.25, 0.3) is 220 Å². The maximum Gasteiger partial charge on any atom is 0.216 e. The van der Waals surface area contributed by atoms with Crippen molar-refractivity contribution >= 4 is 164 Å². The highest BCUT2D eigenvalue weighted by atomic mass is 16.3. The van der Waals surface area contributed by atoms with E-state index >= 15 is 0 Å². The molecule has 0 radical (unpaired) electrons. The van der Waals surface area contributed by atoms with Gasteiger partial charge in [0, 0.05) is 150 Å². The molecule has 0 atom stereocenters. The Kier molecular flexibility index (Phi) is 21.1. The van der Waals surface area contributed by atoms with Crippen LogP contribution >= 0.6 is 0 Å². The first-order valence-corrected chi connectivity index (χ1v) is 50.3. The quantitative estimate of drug-likeness (QED) is 0.148. The summed E-state index contributed by atoms with van der Waals surface area (Å²) in [5.41, 5.74) is 30.2. The van der Waals surface area contributed by atoms with Crippen LogP contribution in [0.2, 0.25) is 0 Å². The largest absolute Gasteiger partial charge is 0.454 e. The maximum atomic E-state index is 9.02. The Morgan fingerprint density at radius 1 is 0.245 bits per heavy atom. The third kappa shape index (κ3) is 16.2. The summed E-state index contributed by atoms with van der Waals surface area (Å²) in [6.45, 7) is 14.7. The Morgan fingerprint density at radius 3 is 0.923 bits per heavy atom. The van der Waals surface area contributed by atoms with Gasteiger partial charge in [0.05, 0.1) is 27.8 Å². The highest BCUT2D eigenvalue weighted by molar-refractivity contribution is 6.23. The Balaban J connectivity index is 0.000000103. The molecular formula is C133H122N5O5+5. The number of pyridine rings is 5. The van der Waals surface area contributed by atoms with E-state index in [2.05, 4.69) is 320 Å². The fourth-order valence-corrected chi connectivity index (χ4v) is 22.7. The van der Waals surface area contributed by atoms with E-state index in [9.17, 15) is 0 Å². The molecule has 10 nitrogen and oxygen atoms in total. The first kappa shape index (κ1) is 82.1. The van der Waals surface area contributed by atoms with Crippen molar-refractivity contribution in [3.8, 4) is 56.3 Å². The van der Waals surface area contributed by atoms with Crippen LogP contribution in [0.1, 0.15) is 163 Å². The number of rotatable bonds is 7. The molecule has 15 aromatic carbocycles. The molecule has 0 spiro atoms. The standard InChI is InChI=1S/C29H28NO.C28H26NO.C27H26NO.C25H22NO.C24H20NO/c1-19-12-15-25-24-16-13-21-10-6-7-11-23(21)28(24)31-29(25)27(19)26-17-14-22(18-30(26)2)20-8-4-3-5-9-20;1-18-11-14-24-23-15-12-20-9-5-6-10-22(20)27(23)30-28(24)26(18)25-16-13-21(17-29(25)2)19-7-3-4-8-19;1-17-10-13-22-21-14-11-18-8-6-7-9-20(18)25(21)29-26(22)24(17)23-15-12-19(16-28(23)5)27(2,3)4;1-15-9-11-21-20-12-10-18-7-5-6-8-19(18)24(20)27-25(21)23(15)22-13-16(2)17(3)14-26(22)4;1-15-14-16(2)22(20-10-6-7-13-25(20)3)24-21(15)19-12-11-17-8-4-5-9-18(17)23(19)26-24/h6-7,10-18,20H,3-5,8-9H2,1-2H3;5-6,9-17,19H,3-4,7-8H2,1-2H3;6-16H,1-5H3;5-14H,1-4H3;4-14H,1-3H3/q5*+1/i20D;19D;;3D3;1D3. The van der Waals surface area contributed by atoms with Crippen molar-refractivity contribution < 1.29 is 55.9 Å². The molecule has 2 aliphatic carbocycles. The predicted octanol–water partition coefficient (Wildman–Crippen LogP) is 33.6. The molecule has 0 amide bonds. The first-order valence-electron chi connectivity index (χ1n) is 54.3. The van der Waals surface area contributed by atoms with Crippen molar-refractivity contribution in [1.29, 1.82) is 0 Å². The number of aromatic nitrogens is 5. The summed E-state index contributed by atoms with van der Waals surface area (Å²) in [6.07, 6.45) is 20.0. The summed E-state index contributed by atoms with van der Waals surface area (Å²) in [6, 6.07) is 103. The minimum absolute atomic E-state index is 0.121. The number of nitrogens with zero attached hydrogens (tertiary/aromatic N) is 5. The first-order chi connectivity index (χ1) is 72.6. The average molecular weight is 1880 g/mol. The van der Waals surface area contributed by atoms with Crippen molar-refractivity contribution in [2.45, 2.75) is 151 Å². The van der Waals surface area contributed by atoms with Crippen molar-refractivity contribution in [1.82, 2.24) is 0 Å². The Morgan fingerprint density at radius 2 is 0.552 bits per heavy atom. The normalized spacial score (nSPS) is 14.7. The van der Waals surface area contributed by atoms with Gasteiger partial charge in [-0.15, -0.1) is 0 Å². The van der Waals surface area contributed by atoms with Crippen molar-refractivity contribution in [2.24, 2.45) is 35.2 Å². The van der Waals surface area contributed by atoms with Gasteiger partial charge in [0.1, 0.15) is 91.1 Å². The zero-order valence-corrected chi connectivity index (χ0v) is 83.8. The fourth-order valence-electron chi connectivity index (χ4n) is 22.7. The lowest BCUT2D eigenvalue weighted by Gasteiger charge is -2.21. The minimum atomic E-state index is -2.23. The van der Waals surface area contributed by atoms with Gasteiger partial charge in [0.25, 0.3) is 0 Å². The number of benzene rings is 15. The summed E-state index contributed by atoms with van der Waals surface area (Å²) >= 11 is 0. The molecule has 704 valence electrons. The molecule has 10 aromatic heterocycles. The molecule has 2 aliphatic rings. The summed E-state index contributed by atoms with van der Waals surface area (Å²) in [5.74, 6) is -0.885. The summed E-state index contributed by atoms with van der Waals surface area (Å²) in [5, 5.41) is 22.0. The summed E-state index contributed by atoms with van der Waals surface area (Å²) < 4.78 is 109. The van der Waals surface area contributed by atoms with Crippen LogP contribution in [-0.4, -0.2) is 0 Å². The van der Waals surface area contributed by atoms with Gasteiger partial charge in [-0.1, -0.05) is 259 Å². The highest BCUT2D eigenvalue weighted by Gasteiger charge is 2.32. The van der Waals surface area contributed by atoms with E-state index in [1.165, 1.54) is 66.9 Å². The lowest BCUT2D eigenvalue weighted by Crippen LogP contribution is -2.33. The molecule has 0 aliphatic heterocycles. The van der Waals surface area contributed by atoms with Gasteiger partial charge in [-0.2, -0.15) is 0 Å². The van der Waals surface area contributed by atoms with Crippen LogP contribution in [0.5, 0.6) is 0 Å². The molecule has 2 fully saturated rings. The third-order valence-corrected chi connectivity index (χ3v) is 30.4. The van der Waals surface area contributed by atoms with Gasteiger partial charge in [0.2, 0.25) is 28.5 Å². The van der Waals surface area contributed by atoms with E-state index in [-0.39, 0.29) is 5.41 Å². The van der Waals surface area contributed by atoms with E-state index in [0.29, 0.717) is 22.1 Å². The predicted molar refractivity (Wildman–Crippen MR) is 593 cm³/mol. The summed E-state index contributed by atoms with van der Waals surface area (Å²) in [7, 11) is 10.2. The van der Waals surface area contributed by atoms with Gasteiger partial charge in [0.15, 0.2) is 31.0 Å². The molecule has 0 unspecified atom stereocenters. The van der Waals surface area contributed by atoms with Crippen LogP contribution in [0, 0.1) is 55.2 Å². The second kappa shape index (κ2) is 36.8. The number of hydrogen-bond acceptors (Lipinski definition) is 5. The lowest BCUT2D eigenvalue weighted by atomic mass is 9.84. The van der Waals surface area contributed by atoms with E-state index < -0.39 is 25.5 Å². The van der Waals surface area contributed by atoms with E-state index in [0.717, 1.165) is 250 Å². The van der Waals surface area contributed by atoms with Gasteiger partial charge < -0.3 is 22.1 Å². The zero-order chi connectivity index (χ0) is 105. The highest BCUT2D eigenvalue weighted by Crippen LogP contribution is 2.49. The molecule has 0 saturated heterocycles. The second-order valence-electron chi connectivity index (χ2n) is 40.7. The van der Waals surface area contributed by atoms with Gasteiger partial charge >= 0.3 is 0 Å². The zero-order valence-electron chi connectivity index (χ0n) is 91.8. The third-order valence-electron chi connectivity index (χ3n) is 30.4. The van der Waals surface area contributed by atoms with Crippen LogP contribution in [-0.2, 0) is 40.7 Å². The molecule has 10 heterocycles.